The predicted octanol–water partition coefficient (Wildman–Crippen LogP) is 1.95. The lowest BCUT2D eigenvalue weighted by Crippen LogP contribution is -2.40. The molecule has 118 valence electrons. The molecule has 1 unspecified atom stereocenters. The summed E-state index contributed by atoms with van der Waals surface area (Å²) in [5.74, 6) is -0.656. The van der Waals surface area contributed by atoms with Crippen LogP contribution in [0.4, 0.5) is 0 Å². The predicted molar refractivity (Wildman–Crippen MR) is 88.4 cm³/mol. The summed E-state index contributed by atoms with van der Waals surface area (Å²) in [6.45, 7) is 1.65. The molecule has 2 rings (SSSR count). The van der Waals surface area contributed by atoms with Crippen LogP contribution in [0, 0.1) is 0 Å². The summed E-state index contributed by atoms with van der Waals surface area (Å²) in [7, 11) is -6.34. The van der Waals surface area contributed by atoms with Gasteiger partial charge in [-0.15, -0.1) is 0 Å². The Bertz CT molecular complexity index is 727. The Balaban J connectivity index is 2.55. The quantitative estimate of drug-likeness (QED) is 0.790. The van der Waals surface area contributed by atoms with Crippen molar-refractivity contribution in [3.63, 3.8) is 0 Å². The first kappa shape index (κ1) is 16.7. The zero-order chi connectivity index (χ0) is 16.2. The second kappa shape index (κ2) is 7.07. The number of rotatable bonds is 6. The molecular formula is C16H18O4S2. The van der Waals surface area contributed by atoms with Gasteiger partial charge in [-0.2, -0.15) is 0 Å². The minimum absolute atomic E-state index is 0.0543. The summed E-state index contributed by atoms with van der Waals surface area (Å²) in [5, 5.41) is 0. The zero-order valence-electron chi connectivity index (χ0n) is 12.1. The van der Waals surface area contributed by atoms with E-state index in [2.05, 4.69) is 0 Å². The van der Waals surface area contributed by atoms with Crippen molar-refractivity contribution in [1.29, 1.82) is 0 Å². The molecule has 22 heavy (non-hydrogen) atoms. The Morgan fingerprint density at radius 3 is 1.73 bits per heavy atom. The molecule has 4 nitrogen and oxygen atoms in total. The van der Waals surface area contributed by atoms with Crippen molar-refractivity contribution < 1.29 is 16.8 Å². The van der Waals surface area contributed by atoms with Gasteiger partial charge in [0.15, 0.2) is 25.5 Å². The molecular weight excluding hydrogens is 320 g/mol. The molecule has 2 aromatic carbocycles. The van der Waals surface area contributed by atoms with E-state index in [0.29, 0.717) is 11.1 Å². The largest absolute Gasteiger partial charge is 0.230 e. The molecule has 0 saturated carbocycles. The Morgan fingerprint density at radius 1 is 0.818 bits per heavy atom. The lowest BCUT2D eigenvalue weighted by Gasteiger charge is -2.29. The van der Waals surface area contributed by atoms with Crippen LogP contribution in [-0.4, -0.2) is 20.9 Å². The minimum Gasteiger partial charge on any atom is -0.230 e. The van der Waals surface area contributed by atoms with Crippen molar-refractivity contribution in [3.8, 4) is 0 Å². The maximum atomic E-state index is 11.9. The fraction of sp³-hybridized carbons (Fsp3) is 0.250. The normalized spacial score (nSPS) is 13.4. The Labute approximate surface area is 133 Å². The van der Waals surface area contributed by atoms with Crippen LogP contribution in [0.25, 0.3) is 0 Å². The summed E-state index contributed by atoms with van der Waals surface area (Å²) in [6, 6.07) is 17.7. The number of hydrogen-bond acceptors (Lipinski definition) is 4. The van der Waals surface area contributed by atoms with E-state index in [-0.39, 0.29) is 6.42 Å². The van der Waals surface area contributed by atoms with Gasteiger partial charge in [0.1, 0.15) is 0 Å². The first-order valence-electron chi connectivity index (χ1n) is 6.86. The van der Waals surface area contributed by atoms with E-state index in [1.54, 1.807) is 61.5 Å². The first-order chi connectivity index (χ1) is 10.5. The molecule has 1 atom stereocenters. The van der Waals surface area contributed by atoms with Crippen LogP contribution < -0.4 is 0 Å². The molecule has 0 aliphatic carbocycles. The summed E-state index contributed by atoms with van der Waals surface area (Å²) in [5.41, 5.74) is 1.38. The summed E-state index contributed by atoms with van der Waals surface area (Å²) >= 11 is 0. The van der Waals surface area contributed by atoms with Crippen molar-refractivity contribution >= 4 is 21.4 Å². The van der Waals surface area contributed by atoms with Gasteiger partial charge in [-0.3, -0.25) is 0 Å². The summed E-state index contributed by atoms with van der Waals surface area (Å²) in [6.07, 6.45) is -0.0543. The fourth-order valence-corrected chi connectivity index (χ4v) is 4.66. The Kier molecular flexibility index (Phi) is 5.37. The average molecular weight is 338 g/mol. The highest BCUT2D eigenvalue weighted by Gasteiger charge is 2.44. The lowest BCUT2D eigenvalue weighted by molar-refractivity contribution is 0.526. The third kappa shape index (κ3) is 3.23. The number of hydrogen-bond donors (Lipinski definition) is 2. The van der Waals surface area contributed by atoms with Gasteiger partial charge in [0.2, 0.25) is 0 Å². The van der Waals surface area contributed by atoms with Crippen molar-refractivity contribution in [2.45, 2.75) is 23.3 Å². The summed E-state index contributed by atoms with van der Waals surface area (Å²) < 4.78 is 45.9. The van der Waals surface area contributed by atoms with Crippen LogP contribution in [0.3, 0.4) is 0 Å². The highest BCUT2D eigenvalue weighted by atomic mass is 32.2. The third-order valence-corrected chi connectivity index (χ3v) is 7.27. The molecule has 0 heterocycles. The van der Waals surface area contributed by atoms with E-state index in [9.17, 15) is 16.8 Å². The second-order valence-corrected chi connectivity index (χ2v) is 8.16. The first-order valence-corrected chi connectivity index (χ1v) is 9.22. The monoisotopic (exact) mass is 338 g/mol. The van der Waals surface area contributed by atoms with E-state index in [1.807, 2.05) is 6.07 Å². The van der Waals surface area contributed by atoms with Gasteiger partial charge >= 0.3 is 0 Å². The Morgan fingerprint density at radius 2 is 1.27 bits per heavy atom. The second-order valence-electron chi connectivity index (χ2n) is 5.19. The molecule has 0 saturated heterocycles. The summed E-state index contributed by atoms with van der Waals surface area (Å²) in [4.78, 5) is 0. The van der Waals surface area contributed by atoms with Crippen molar-refractivity contribution in [2.24, 2.45) is 0 Å². The van der Waals surface area contributed by atoms with Gasteiger partial charge in [0.25, 0.3) is 0 Å². The van der Waals surface area contributed by atoms with Crippen LogP contribution >= 0.6 is 0 Å². The van der Waals surface area contributed by atoms with E-state index in [1.165, 1.54) is 0 Å². The van der Waals surface area contributed by atoms with Crippen molar-refractivity contribution in [1.82, 2.24) is 0 Å². The molecule has 0 spiro atoms. The molecule has 0 bridgehead atoms. The molecule has 0 fully saturated rings. The van der Waals surface area contributed by atoms with Crippen LogP contribution in [-0.2, 0) is 27.8 Å². The molecule has 0 N–H and O–H groups in total. The number of benzene rings is 2. The van der Waals surface area contributed by atoms with Gasteiger partial charge in [0.05, 0.1) is 0 Å². The Hall–Kier alpha value is -1.66. The standard InChI is InChI=1S/C16H18O4S2/c1-13(15-10-6-3-7-11-15)16(21(17)18,22(19)20)12-14-8-4-2-5-9-14/h2-11,13,21-22H,12H2,1H3. The number of thiol groups is 2. The van der Waals surface area contributed by atoms with Gasteiger partial charge in [-0.1, -0.05) is 67.6 Å². The maximum absolute atomic E-state index is 11.9. The molecule has 0 aliphatic heterocycles. The highest BCUT2D eigenvalue weighted by molar-refractivity contribution is 7.92. The topological polar surface area (TPSA) is 68.3 Å². The van der Waals surface area contributed by atoms with E-state index < -0.39 is 31.4 Å². The zero-order valence-corrected chi connectivity index (χ0v) is 13.9. The molecule has 0 aliphatic rings. The van der Waals surface area contributed by atoms with Gasteiger partial charge < -0.3 is 0 Å². The maximum Gasteiger partial charge on any atom is 0.178 e. The van der Waals surface area contributed by atoms with Crippen LogP contribution in [0.1, 0.15) is 24.0 Å². The van der Waals surface area contributed by atoms with E-state index >= 15 is 0 Å². The van der Waals surface area contributed by atoms with Gasteiger partial charge in [0, 0.05) is 12.3 Å². The average Bonchev–Trinajstić information content (AvgIpc) is 2.53. The van der Waals surface area contributed by atoms with Crippen molar-refractivity contribution in [3.05, 3.63) is 71.8 Å². The molecule has 2 aromatic rings. The van der Waals surface area contributed by atoms with Gasteiger partial charge in [-0.05, 0) is 11.1 Å². The fourth-order valence-electron chi connectivity index (χ4n) is 2.57. The molecule has 0 aromatic heterocycles. The minimum atomic E-state index is -3.17. The molecule has 0 amide bonds. The smallest absolute Gasteiger partial charge is 0.178 e. The van der Waals surface area contributed by atoms with Gasteiger partial charge in [-0.25, -0.2) is 16.8 Å². The molecule has 6 heteroatoms. The van der Waals surface area contributed by atoms with Crippen LogP contribution in [0.2, 0.25) is 0 Å². The van der Waals surface area contributed by atoms with E-state index in [0.717, 1.165) is 0 Å². The van der Waals surface area contributed by atoms with E-state index in [4.69, 9.17) is 0 Å². The lowest BCUT2D eigenvalue weighted by atomic mass is 9.93. The highest BCUT2D eigenvalue weighted by Crippen LogP contribution is 2.35. The van der Waals surface area contributed by atoms with Crippen molar-refractivity contribution in [2.75, 3.05) is 0 Å². The third-order valence-electron chi connectivity index (χ3n) is 3.93. The SMILES string of the molecule is CC(c1ccccc1)C(Cc1ccccc1)([SH](=O)=O)[SH](=O)=O. The van der Waals surface area contributed by atoms with Crippen LogP contribution in [0.15, 0.2) is 60.7 Å². The molecule has 0 radical (unpaired) electrons. The van der Waals surface area contributed by atoms with Crippen LogP contribution in [0.5, 0.6) is 0 Å².